The standard InChI is InChI=1S/C36H50O2/c1-25(2)11-7-13-27(5)15-9-17-29-19-21-31-33(23-29)36(38)34-24-30(20-22-32(34)35(31)37)18-10-16-28(6)14-8-12-26(3)4/h11,15,19-24,26,28,37-38H,7-10,12-14,16-18H2,1-6H3. The van der Waals surface area contributed by atoms with Crippen LogP contribution in [-0.2, 0) is 12.8 Å². The summed E-state index contributed by atoms with van der Waals surface area (Å²) in [6, 6.07) is 12.3. The number of aromatic hydroxyl groups is 2. The molecule has 38 heavy (non-hydrogen) atoms. The van der Waals surface area contributed by atoms with E-state index >= 15 is 0 Å². The number of hydrogen-bond acceptors (Lipinski definition) is 2. The predicted molar refractivity (Wildman–Crippen MR) is 166 cm³/mol. The van der Waals surface area contributed by atoms with Crippen LogP contribution in [0.4, 0.5) is 0 Å². The van der Waals surface area contributed by atoms with Crippen LogP contribution >= 0.6 is 0 Å². The number of phenolic OH excluding ortho intramolecular Hbond substituents is 2. The highest BCUT2D eigenvalue weighted by molar-refractivity contribution is 6.10. The molecule has 0 saturated carbocycles. The Bertz CT molecular complexity index is 1260. The van der Waals surface area contributed by atoms with Gasteiger partial charge < -0.3 is 10.2 Å². The zero-order valence-corrected chi connectivity index (χ0v) is 24.7. The first-order chi connectivity index (χ1) is 18.2. The third kappa shape index (κ3) is 8.65. The maximum absolute atomic E-state index is 11.3. The van der Waals surface area contributed by atoms with E-state index < -0.39 is 0 Å². The molecular formula is C36H50O2. The Kier molecular flexibility index (Phi) is 11.3. The summed E-state index contributed by atoms with van der Waals surface area (Å²) < 4.78 is 0. The zero-order valence-electron chi connectivity index (χ0n) is 24.7. The summed E-state index contributed by atoms with van der Waals surface area (Å²) >= 11 is 0. The van der Waals surface area contributed by atoms with Gasteiger partial charge in [0, 0.05) is 21.5 Å². The average molecular weight is 515 g/mol. The Morgan fingerprint density at radius 3 is 1.87 bits per heavy atom. The van der Waals surface area contributed by atoms with Crippen molar-refractivity contribution in [2.45, 2.75) is 106 Å². The van der Waals surface area contributed by atoms with Gasteiger partial charge in [-0.25, -0.2) is 0 Å². The Labute approximate surface area is 231 Å². The van der Waals surface area contributed by atoms with Gasteiger partial charge in [0.15, 0.2) is 0 Å². The Morgan fingerprint density at radius 1 is 0.684 bits per heavy atom. The first-order valence-electron chi connectivity index (χ1n) is 14.8. The minimum Gasteiger partial charge on any atom is -0.507 e. The van der Waals surface area contributed by atoms with Crippen LogP contribution in [0.5, 0.6) is 11.5 Å². The van der Waals surface area contributed by atoms with Crippen LogP contribution in [0.1, 0.15) is 104 Å². The lowest BCUT2D eigenvalue weighted by Crippen LogP contribution is -1.98. The second kappa shape index (κ2) is 14.4. The van der Waals surface area contributed by atoms with Gasteiger partial charge in [0.05, 0.1) is 0 Å². The van der Waals surface area contributed by atoms with Crippen LogP contribution in [0.2, 0.25) is 0 Å². The van der Waals surface area contributed by atoms with Gasteiger partial charge in [-0.3, -0.25) is 0 Å². The lowest BCUT2D eigenvalue weighted by atomic mass is 9.93. The second-order valence-electron chi connectivity index (χ2n) is 12.2. The van der Waals surface area contributed by atoms with Crippen LogP contribution in [0, 0.1) is 11.8 Å². The van der Waals surface area contributed by atoms with Crippen molar-refractivity contribution in [2.75, 3.05) is 0 Å². The summed E-state index contributed by atoms with van der Waals surface area (Å²) in [5, 5.41) is 25.2. The van der Waals surface area contributed by atoms with Crippen molar-refractivity contribution in [3.05, 3.63) is 70.8 Å². The molecule has 0 bridgehead atoms. The van der Waals surface area contributed by atoms with Gasteiger partial charge in [0.1, 0.15) is 11.5 Å². The monoisotopic (exact) mass is 514 g/mol. The molecule has 2 heteroatoms. The fourth-order valence-corrected chi connectivity index (χ4v) is 5.44. The van der Waals surface area contributed by atoms with Crippen molar-refractivity contribution < 1.29 is 10.2 Å². The smallest absolute Gasteiger partial charge is 0.131 e. The third-order valence-corrected chi connectivity index (χ3v) is 7.85. The fourth-order valence-electron chi connectivity index (χ4n) is 5.44. The third-order valence-electron chi connectivity index (χ3n) is 7.85. The van der Waals surface area contributed by atoms with Crippen LogP contribution < -0.4 is 0 Å². The van der Waals surface area contributed by atoms with Gasteiger partial charge in [0.2, 0.25) is 0 Å². The molecule has 0 saturated heterocycles. The molecule has 1 atom stereocenters. The van der Waals surface area contributed by atoms with Crippen molar-refractivity contribution in [3.63, 3.8) is 0 Å². The van der Waals surface area contributed by atoms with Crippen molar-refractivity contribution in [2.24, 2.45) is 11.8 Å². The molecule has 0 amide bonds. The molecular weight excluding hydrogens is 464 g/mol. The molecule has 2 nitrogen and oxygen atoms in total. The van der Waals surface area contributed by atoms with Gasteiger partial charge in [0.25, 0.3) is 0 Å². The zero-order chi connectivity index (χ0) is 27.7. The second-order valence-corrected chi connectivity index (χ2v) is 12.2. The van der Waals surface area contributed by atoms with E-state index in [1.807, 2.05) is 12.1 Å². The normalized spacial score (nSPS) is 13.0. The van der Waals surface area contributed by atoms with Crippen molar-refractivity contribution in [1.82, 2.24) is 0 Å². The summed E-state index contributed by atoms with van der Waals surface area (Å²) in [7, 11) is 0. The summed E-state index contributed by atoms with van der Waals surface area (Å²) in [6.45, 7) is 13.5. The van der Waals surface area contributed by atoms with Gasteiger partial charge >= 0.3 is 0 Å². The number of allylic oxidation sites excluding steroid dienone is 4. The lowest BCUT2D eigenvalue weighted by molar-refractivity contribution is 0.427. The molecule has 206 valence electrons. The van der Waals surface area contributed by atoms with Crippen LogP contribution in [-0.4, -0.2) is 10.2 Å². The first kappa shape index (κ1) is 29.8. The van der Waals surface area contributed by atoms with E-state index in [0.717, 1.165) is 71.9 Å². The molecule has 0 aliphatic heterocycles. The predicted octanol–water partition coefficient (Wildman–Crippen LogP) is 10.8. The molecule has 2 N–H and O–H groups in total. The number of fused-ring (bicyclic) bond motifs is 2. The summed E-state index contributed by atoms with van der Waals surface area (Å²) in [5.41, 5.74) is 5.21. The Hall–Kier alpha value is -2.74. The molecule has 0 heterocycles. The van der Waals surface area contributed by atoms with E-state index in [4.69, 9.17) is 0 Å². The minimum atomic E-state index is 0.264. The fraction of sp³-hybridized carbons (Fsp3) is 0.500. The summed E-state index contributed by atoms with van der Waals surface area (Å²) in [4.78, 5) is 0. The average Bonchev–Trinajstić information content (AvgIpc) is 2.86. The highest BCUT2D eigenvalue weighted by atomic mass is 16.3. The molecule has 3 aromatic carbocycles. The maximum atomic E-state index is 11.3. The van der Waals surface area contributed by atoms with Gasteiger partial charge in [-0.05, 0) is 94.4 Å². The van der Waals surface area contributed by atoms with E-state index in [9.17, 15) is 10.2 Å². The molecule has 1 unspecified atom stereocenters. The minimum absolute atomic E-state index is 0.264. The number of rotatable bonds is 14. The Morgan fingerprint density at radius 2 is 1.26 bits per heavy atom. The van der Waals surface area contributed by atoms with E-state index in [1.54, 1.807) is 0 Å². The highest BCUT2D eigenvalue weighted by Crippen LogP contribution is 2.42. The number of benzene rings is 3. The molecule has 3 rings (SSSR count). The molecule has 0 aromatic heterocycles. The first-order valence-corrected chi connectivity index (χ1v) is 14.8. The van der Waals surface area contributed by atoms with Crippen molar-refractivity contribution >= 4 is 21.5 Å². The number of hydrogen-bond donors (Lipinski definition) is 2. The largest absolute Gasteiger partial charge is 0.507 e. The maximum Gasteiger partial charge on any atom is 0.131 e. The Balaban J connectivity index is 1.69. The van der Waals surface area contributed by atoms with E-state index in [2.05, 4.69) is 78.0 Å². The van der Waals surface area contributed by atoms with Gasteiger partial charge in [-0.2, -0.15) is 0 Å². The number of aryl methyl sites for hydroxylation is 2. The van der Waals surface area contributed by atoms with E-state index in [0.29, 0.717) is 0 Å². The van der Waals surface area contributed by atoms with Gasteiger partial charge in [-0.15, -0.1) is 0 Å². The van der Waals surface area contributed by atoms with E-state index in [-0.39, 0.29) is 11.5 Å². The van der Waals surface area contributed by atoms with Crippen LogP contribution in [0.25, 0.3) is 21.5 Å². The van der Waals surface area contributed by atoms with Crippen LogP contribution in [0.15, 0.2) is 59.7 Å². The van der Waals surface area contributed by atoms with E-state index in [1.165, 1.54) is 48.0 Å². The summed E-state index contributed by atoms with van der Waals surface area (Å²) in [6.07, 6.45) is 16.1. The summed E-state index contributed by atoms with van der Waals surface area (Å²) in [5.74, 6) is 2.09. The van der Waals surface area contributed by atoms with Crippen molar-refractivity contribution in [3.8, 4) is 11.5 Å². The quantitative estimate of drug-likeness (QED) is 0.128. The highest BCUT2D eigenvalue weighted by Gasteiger charge is 2.14. The SMILES string of the molecule is CC(C)=CCCC(C)=CCCc1ccc2c(O)c3ccc(CCCC(C)CCCC(C)C)cc3c(O)c2c1. The molecule has 0 spiro atoms. The number of phenols is 2. The molecule has 0 radical (unpaired) electrons. The molecule has 3 aromatic rings. The topological polar surface area (TPSA) is 40.5 Å². The molecule has 0 aliphatic carbocycles. The lowest BCUT2D eigenvalue weighted by Gasteiger charge is -2.14. The van der Waals surface area contributed by atoms with Crippen LogP contribution in [0.3, 0.4) is 0 Å². The van der Waals surface area contributed by atoms with Crippen molar-refractivity contribution in [1.29, 1.82) is 0 Å². The molecule has 0 fully saturated rings. The molecule has 0 aliphatic rings. The van der Waals surface area contributed by atoms with Gasteiger partial charge in [-0.1, -0.05) is 94.0 Å².